The van der Waals surface area contributed by atoms with Crippen molar-refractivity contribution in [1.29, 1.82) is 5.26 Å². The zero-order valence-electron chi connectivity index (χ0n) is 14.9. The number of amides is 1. The SMILES string of the molecule is CCOc1ccc(C(=O)NC(=S)Nn2c(C)cc(C)c(C#N)c2=O)cc1Br. The van der Waals surface area contributed by atoms with Gasteiger partial charge >= 0.3 is 0 Å². The van der Waals surface area contributed by atoms with E-state index in [-0.39, 0.29) is 10.7 Å². The Bertz CT molecular complexity index is 1010. The molecule has 27 heavy (non-hydrogen) atoms. The number of carbonyl (C=O) groups is 1. The molecule has 0 aliphatic carbocycles. The molecule has 2 rings (SSSR count). The number of hydrogen-bond donors (Lipinski definition) is 2. The molecule has 9 heteroatoms. The molecule has 0 saturated heterocycles. The number of ether oxygens (including phenoxy) is 1. The predicted octanol–water partition coefficient (Wildman–Crippen LogP) is 2.76. The lowest BCUT2D eigenvalue weighted by molar-refractivity contribution is 0.0977. The van der Waals surface area contributed by atoms with E-state index < -0.39 is 11.5 Å². The summed E-state index contributed by atoms with van der Waals surface area (Å²) in [5.41, 5.74) is 3.61. The van der Waals surface area contributed by atoms with Crippen LogP contribution in [0.25, 0.3) is 0 Å². The van der Waals surface area contributed by atoms with Crippen LogP contribution in [-0.2, 0) is 0 Å². The molecule has 0 aliphatic rings. The lowest BCUT2D eigenvalue weighted by Gasteiger charge is -2.15. The Morgan fingerprint density at radius 3 is 2.67 bits per heavy atom. The van der Waals surface area contributed by atoms with Crippen molar-refractivity contribution in [3.05, 3.63) is 61.5 Å². The third-order valence-corrected chi connectivity index (χ3v) is 4.45. The van der Waals surface area contributed by atoms with Gasteiger partial charge in [-0.3, -0.25) is 20.3 Å². The number of nitrogens with one attached hydrogen (secondary N) is 2. The predicted molar refractivity (Wildman–Crippen MR) is 110 cm³/mol. The molecule has 0 aliphatic heterocycles. The van der Waals surface area contributed by atoms with Gasteiger partial charge in [-0.05, 0) is 78.7 Å². The van der Waals surface area contributed by atoms with Gasteiger partial charge in [0.25, 0.3) is 11.5 Å². The van der Waals surface area contributed by atoms with Gasteiger partial charge in [-0.1, -0.05) is 0 Å². The fourth-order valence-corrected chi connectivity index (χ4v) is 3.06. The first-order valence-electron chi connectivity index (χ1n) is 7.96. The molecule has 1 aromatic carbocycles. The van der Waals surface area contributed by atoms with Gasteiger partial charge in [0.15, 0.2) is 5.11 Å². The molecular formula is C18H17BrN4O3S. The van der Waals surface area contributed by atoms with Crippen molar-refractivity contribution in [3.8, 4) is 11.8 Å². The average Bonchev–Trinajstić information content (AvgIpc) is 2.60. The second-order valence-corrected chi connectivity index (χ2v) is 6.83. The monoisotopic (exact) mass is 448 g/mol. The molecule has 2 aromatic rings. The Hall–Kier alpha value is -2.70. The standard InChI is InChI=1S/C18H17BrN4O3S/c1-4-26-15-6-5-12(8-14(15)19)16(24)21-18(27)22-23-11(3)7-10(2)13(9-20)17(23)25/h5-8H,4H2,1-3H3,(H2,21,22,24,27). The molecule has 1 amide bonds. The summed E-state index contributed by atoms with van der Waals surface area (Å²) in [5.74, 6) is 0.176. The Morgan fingerprint density at radius 1 is 1.37 bits per heavy atom. The fourth-order valence-electron chi connectivity index (χ4n) is 2.39. The quantitative estimate of drug-likeness (QED) is 0.697. The molecule has 1 heterocycles. The zero-order chi connectivity index (χ0) is 20.1. The molecule has 0 bridgehead atoms. The van der Waals surface area contributed by atoms with E-state index in [1.807, 2.05) is 13.0 Å². The van der Waals surface area contributed by atoms with Crippen LogP contribution in [0.1, 0.15) is 34.1 Å². The second kappa shape index (κ2) is 8.79. The van der Waals surface area contributed by atoms with Crippen LogP contribution >= 0.6 is 28.1 Å². The van der Waals surface area contributed by atoms with Crippen LogP contribution in [-0.4, -0.2) is 22.3 Å². The van der Waals surface area contributed by atoms with Crippen molar-refractivity contribution in [1.82, 2.24) is 9.99 Å². The van der Waals surface area contributed by atoms with Gasteiger partial charge < -0.3 is 4.74 Å². The van der Waals surface area contributed by atoms with Crippen LogP contribution in [0.3, 0.4) is 0 Å². The lowest BCUT2D eigenvalue weighted by atomic mass is 10.1. The highest BCUT2D eigenvalue weighted by Crippen LogP contribution is 2.25. The van der Waals surface area contributed by atoms with Gasteiger partial charge in [0.2, 0.25) is 0 Å². The molecule has 0 saturated carbocycles. The van der Waals surface area contributed by atoms with Crippen molar-refractivity contribution in [2.75, 3.05) is 12.0 Å². The van der Waals surface area contributed by atoms with E-state index in [2.05, 4.69) is 26.7 Å². The summed E-state index contributed by atoms with van der Waals surface area (Å²) in [6.45, 7) is 5.75. The molecular weight excluding hydrogens is 432 g/mol. The van der Waals surface area contributed by atoms with E-state index in [1.54, 1.807) is 38.1 Å². The van der Waals surface area contributed by atoms with Gasteiger partial charge in [-0.2, -0.15) is 5.26 Å². The van der Waals surface area contributed by atoms with E-state index in [9.17, 15) is 9.59 Å². The fraction of sp³-hybridized carbons (Fsp3) is 0.222. The molecule has 0 atom stereocenters. The van der Waals surface area contributed by atoms with Gasteiger partial charge in [-0.15, -0.1) is 0 Å². The Kier molecular flexibility index (Phi) is 6.71. The summed E-state index contributed by atoms with van der Waals surface area (Å²) >= 11 is 8.47. The largest absolute Gasteiger partial charge is 0.493 e. The second-order valence-electron chi connectivity index (χ2n) is 5.57. The van der Waals surface area contributed by atoms with Gasteiger partial charge in [-0.25, -0.2) is 4.68 Å². The molecule has 0 unspecified atom stereocenters. The molecule has 2 N–H and O–H groups in total. The number of pyridine rings is 1. The molecule has 140 valence electrons. The molecule has 0 radical (unpaired) electrons. The van der Waals surface area contributed by atoms with Gasteiger partial charge in [0.1, 0.15) is 17.4 Å². The van der Waals surface area contributed by atoms with Crippen molar-refractivity contribution in [2.45, 2.75) is 20.8 Å². The topological polar surface area (TPSA) is 96.2 Å². The highest BCUT2D eigenvalue weighted by molar-refractivity contribution is 9.10. The summed E-state index contributed by atoms with van der Waals surface area (Å²) in [4.78, 5) is 24.7. The van der Waals surface area contributed by atoms with Crippen LogP contribution in [0.5, 0.6) is 5.75 Å². The lowest BCUT2D eigenvalue weighted by Crippen LogP contribution is -2.43. The average molecular weight is 449 g/mol. The van der Waals surface area contributed by atoms with Crippen LogP contribution in [0, 0.1) is 25.2 Å². The number of aromatic nitrogens is 1. The number of rotatable bonds is 4. The number of hydrogen-bond acceptors (Lipinski definition) is 5. The first-order valence-corrected chi connectivity index (χ1v) is 9.16. The molecule has 7 nitrogen and oxygen atoms in total. The van der Waals surface area contributed by atoms with Crippen LogP contribution in [0.2, 0.25) is 0 Å². The maximum atomic E-state index is 12.4. The van der Waals surface area contributed by atoms with Crippen LogP contribution in [0.15, 0.2) is 33.5 Å². The number of thiocarbonyl (C=S) groups is 1. The highest BCUT2D eigenvalue weighted by atomic mass is 79.9. The molecule has 0 fully saturated rings. The summed E-state index contributed by atoms with van der Waals surface area (Å²) in [6, 6.07) is 8.44. The van der Waals surface area contributed by atoms with E-state index in [1.165, 1.54) is 0 Å². The van der Waals surface area contributed by atoms with Gasteiger partial charge in [0, 0.05) is 11.3 Å². The number of aryl methyl sites for hydroxylation is 2. The van der Waals surface area contributed by atoms with E-state index >= 15 is 0 Å². The maximum absolute atomic E-state index is 12.4. The Labute approximate surface area is 170 Å². The summed E-state index contributed by atoms with van der Waals surface area (Å²) in [5, 5.41) is 11.6. The van der Waals surface area contributed by atoms with Gasteiger partial charge in [0.05, 0.1) is 11.1 Å². The minimum absolute atomic E-state index is 0.0117. The first kappa shape index (κ1) is 20.6. The summed E-state index contributed by atoms with van der Waals surface area (Å²) in [6.07, 6.45) is 0. The van der Waals surface area contributed by atoms with Crippen LogP contribution in [0.4, 0.5) is 0 Å². The third kappa shape index (κ3) is 4.72. The first-order chi connectivity index (χ1) is 12.8. The smallest absolute Gasteiger partial charge is 0.287 e. The van der Waals surface area contributed by atoms with E-state index in [4.69, 9.17) is 22.2 Å². The number of nitriles is 1. The maximum Gasteiger partial charge on any atom is 0.287 e. The van der Waals surface area contributed by atoms with Crippen molar-refractivity contribution < 1.29 is 9.53 Å². The summed E-state index contributed by atoms with van der Waals surface area (Å²) in [7, 11) is 0. The molecule has 0 spiro atoms. The van der Waals surface area contributed by atoms with Crippen LogP contribution < -0.4 is 21.0 Å². The highest BCUT2D eigenvalue weighted by Gasteiger charge is 2.14. The van der Waals surface area contributed by atoms with Crippen molar-refractivity contribution >= 4 is 39.2 Å². The Morgan fingerprint density at radius 2 is 2.07 bits per heavy atom. The van der Waals surface area contributed by atoms with Crippen molar-refractivity contribution in [3.63, 3.8) is 0 Å². The summed E-state index contributed by atoms with van der Waals surface area (Å²) < 4.78 is 7.17. The number of nitrogens with zero attached hydrogens (tertiary/aromatic N) is 2. The zero-order valence-corrected chi connectivity index (χ0v) is 17.3. The number of carbonyl (C=O) groups excluding carboxylic acids is 1. The van der Waals surface area contributed by atoms with E-state index in [0.717, 1.165) is 4.68 Å². The minimum Gasteiger partial charge on any atom is -0.493 e. The molecule has 1 aromatic heterocycles. The van der Waals surface area contributed by atoms with Crippen molar-refractivity contribution in [2.24, 2.45) is 0 Å². The normalized spacial score (nSPS) is 10.0. The minimum atomic E-state index is -0.532. The third-order valence-electron chi connectivity index (χ3n) is 3.64. The van der Waals surface area contributed by atoms with E-state index in [0.29, 0.717) is 33.6 Å². The number of halogens is 1. The Balaban J connectivity index is 2.17. The number of benzene rings is 1.